The second-order valence-corrected chi connectivity index (χ2v) is 7.10. The fourth-order valence-electron chi connectivity index (χ4n) is 1.85. The van der Waals surface area contributed by atoms with Crippen LogP contribution < -0.4 is 10.2 Å². The molecule has 0 aromatic carbocycles. The van der Waals surface area contributed by atoms with Gasteiger partial charge in [-0.3, -0.25) is 19.8 Å². The van der Waals surface area contributed by atoms with Crippen molar-refractivity contribution in [3.05, 3.63) is 22.1 Å². The molecule has 1 N–H and O–H groups in total. The molecule has 0 aliphatic rings. The number of carbonyl (C=O) groups is 2. The van der Waals surface area contributed by atoms with Crippen molar-refractivity contribution in [2.75, 3.05) is 16.8 Å². The van der Waals surface area contributed by atoms with E-state index in [0.717, 1.165) is 0 Å². The molecule has 0 fully saturated rings. The average Bonchev–Trinajstić information content (AvgIpc) is 3.05. The number of rotatable bonds is 5. The predicted molar refractivity (Wildman–Crippen MR) is 89.8 cm³/mol. The highest BCUT2D eigenvalue weighted by molar-refractivity contribution is 7.18. The lowest BCUT2D eigenvalue weighted by Crippen LogP contribution is -2.32. The first-order chi connectivity index (χ1) is 10.4. The Bertz CT molecular complexity index is 664. The van der Waals surface area contributed by atoms with Gasteiger partial charge < -0.3 is 0 Å². The van der Waals surface area contributed by atoms with Crippen LogP contribution in [0.2, 0.25) is 0 Å². The van der Waals surface area contributed by atoms with Crippen LogP contribution in [-0.4, -0.2) is 28.3 Å². The monoisotopic (exact) mass is 338 g/mol. The third-order valence-electron chi connectivity index (χ3n) is 2.80. The zero-order chi connectivity index (χ0) is 16.3. The average molecular weight is 338 g/mol. The van der Waals surface area contributed by atoms with Gasteiger partial charge in [-0.25, -0.2) is 9.97 Å². The number of nitrogens with zero attached hydrogens (tertiary/aromatic N) is 3. The molecule has 118 valence electrons. The van der Waals surface area contributed by atoms with E-state index in [9.17, 15) is 9.59 Å². The minimum atomic E-state index is -0.246. The molecule has 2 heterocycles. The predicted octanol–water partition coefficient (Wildman–Crippen LogP) is 3.17. The number of anilines is 2. The van der Waals surface area contributed by atoms with E-state index in [4.69, 9.17) is 0 Å². The van der Waals surface area contributed by atoms with Crippen molar-refractivity contribution in [1.82, 2.24) is 9.97 Å². The first-order valence-electron chi connectivity index (χ1n) is 6.85. The molecule has 0 atom stereocenters. The van der Waals surface area contributed by atoms with E-state index in [1.165, 1.54) is 29.6 Å². The van der Waals surface area contributed by atoms with Gasteiger partial charge in [-0.1, -0.05) is 25.2 Å². The number of aromatic nitrogens is 2. The molecule has 0 spiro atoms. The van der Waals surface area contributed by atoms with E-state index in [1.54, 1.807) is 23.4 Å². The van der Waals surface area contributed by atoms with Crippen molar-refractivity contribution in [2.45, 2.75) is 27.7 Å². The van der Waals surface area contributed by atoms with Gasteiger partial charge in [0.05, 0.1) is 5.69 Å². The Labute approximate surface area is 137 Å². The Morgan fingerprint density at radius 1 is 1.41 bits per heavy atom. The van der Waals surface area contributed by atoms with Crippen LogP contribution in [-0.2, 0) is 4.79 Å². The largest absolute Gasteiger partial charge is 0.297 e. The summed E-state index contributed by atoms with van der Waals surface area (Å²) in [5.41, 5.74) is 0.615. The molecule has 0 aliphatic carbocycles. The Balaban J connectivity index is 2.22. The van der Waals surface area contributed by atoms with Crippen LogP contribution in [0.5, 0.6) is 0 Å². The molecule has 0 saturated heterocycles. The summed E-state index contributed by atoms with van der Waals surface area (Å²) in [5.74, 6) is -0.000665. The van der Waals surface area contributed by atoms with Gasteiger partial charge in [-0.05, 0) is 12.8 Å². The lowest BCUT2D eigenvalue weighted by molar-refractivity contribution is -0.116. The molecule has 0 saturated carbocycles. The molecule has 0 radical (unpaired) electrons. The Morgan fingerprint density at radius 3 is 2.68 bits per heavy atom. The summed E-state index contributed by atoms with van der Waals surface area (Å²) < 4.78 is 0. The van der Waals surface area contributed by atoms with Gasteiger partial charge in [0.25, 0.3) is 5.91 Å². The maximum absolute atomic E-state index is 12.3. The lowest BCUT2D eigenvalue weighted by Gasteiger charge is -2.19. The maximum Gasteiger partial charge on any atom is 0.269 e. The first kappa shape index (κ1) is 16.6. The van der Waals surface area contributed by atoms with Gasteiger partial charge >= 0.3 is 0 Å². The van der Waals surface area contributed by atoms with Crippen LogP contribution in [0.15, 0.2) is 11.6 Å². The molecule has 2 aromatic rings. The van der Waals surface area contributed by atoms with Crippen molar-refractivity contribution >= 4 is 44.8 Å². The lowest BCUT2D eigenvalue weighted by atomic mass is 10.2. The quantitative estimate of drug-likeness (QED) is 0.908. The van der Waals surface area contributed by atoms with Gasteiger partial charge in [0, 0.05) is 25.0 Å². The molecule has 0 aliphatic heterocycles. The van der Waals surface area contributed by atoms with Crippen LogP contribution in [0.25, 0.3) is 0 Å². The molecule has 8 heteroatoms. The first-order valence-corrected chi connectivity index (χ1v) is 8.54. The van der Waals surface area contributed by atoms with E-state index in [-0.39, 0.29) is 11.8 Å². The Morgan fingerprint density at radius 2 is 2.14 bits per heavy atom. The molecule has 0 bridgehead atoms. The molecule has 2 amide bonds. The minimum absolute atomic E-state index is 0.0747. The molecular formula is C14H18N4O2S2. The molecule has 0 unspecified atom stereocenters. The fourth-order valence-corrected chi connectivity index (χ4v) is 3.39. The number of aryl methyl sites for hydroxylation is 1. The van der Waals surface area contributed by atoms with Gasteiger partial charge in [0.2, 0.25) is 5.91 Å². The summed E-state index contributed by atoms with van der Waals surface area (Å²) in [6.45, 7) is 7.92. The number of thiazole rings is 2. The van der Waals surface area contributed by atoms with Crippen molar-refractivity contribution in [3.8, 4) is 0 Å². The summed E-state index contributed by atoms with van der Waals surface area (Å²) in [4.78, 5) is 34.6. The van der Waals surface area contributed by atoms with Gasteiger partial charge in [-0.15, -0.1) is 11.3 Å². The third-order valence-corrected chi connectivity index (χ3v) is 4.67. The zero-order valence-corrected chi connectivity index (χ0v) is 14.5. The fraction of sp³-hybridized carbons (Fsp3) is 0.429. The van der Waals surface area contributed by atoms with E-state index in [1.807, 2.05) is 13.8 Å². The highest BCUT2D eigenvalue weighted by Gasteiger charge is 2.22. The van der Waals surface area contributed by atoms with Crippen LogP contribution in [0.4, 0.5) is 10.3 Å². The van der Waals surface area contributed by atoms with E-state index in [0.29, 0.717) is 33.3 Å². The highest BCUT2D eigenvalue weighted by Crippen LogP contribution is 2.28. The van der Waals surface area contributed by atoms with Crippen LogP contribution >= 0.6 is 22.7 Å². The molecule has 2 rings (SSSR count). The second-order valence-electron chi connectivity index (χ2n) is 5.23. The van der Waals surface area contributed by atoms with Crippen molar-refractivity contribution in [1.29, 1.82) is 0 Å². The number of amides is 2. The van der Waals surface area contributed by atoms with E-state index < -0.39 is 0 Å². The number of carbonyl (C=O) groups excluding carboxylic acids is 2. The normalized spacial score (nSPS) is 10.8. The Kier molecular flexibility index (Phi) is 5.25. The van der Waals surface area contributed by atoms with Crippen molar-refractivity contribution < 1.29 is 9.59 Å². The van der Waals surface area contributed by atoms with Crippen LogP contribution in [0.3, 0.4) is 0 Å². The van der Waals surface area contributed by atoms with Crippen molar-refractivity contribution in [2.24, 2.45) is 5.92 Å². The summed E-state index contributed by atoms with van der Waals surface area (Å²) in [6.07, 6.45) is 1.63. The minimum Gasteiger partial charge on any atom is -0.297 e. The van der Waals surface area contributed by atoms with Crippen LogP contribution in [0, 0.1) is 12.8 Å². The maximum atomic E-state index is 12.3. The molecular weight excluding hydrogens is 320 g/mol. The number of hydrogen-bond acceptors (Lipinski definition) is 6. The summed E-state index contributed by atoms with van der Waals surface area (Å²) >= 11 is 2.58. The molecule has 6 nitrogen and oxygen atoms in total. The number of nitrogens with one attached hydrogen (secondary N) is 1. The van der Waals surface area contributed by atoms with Gasteiger partial charge in [0.15, 0.2) is 10.3 Å². The smallest absolute Gasteiger partial charge is 0.269 e. The second kappa shape index (κ2) is 6.97. The van der Waals surface area contributed by atoms with Crippen molar-refractivity contribution in [3.63, 3.8) is 0 Å². The SMILES string of the molecule is CC(=O)N(CC(C)C)c1nc(C)c(C(=O)Nc2nccs2)s1. The third kappa shape index (κ3) is 3.89. The molecule has 22 heavy (non-hydrogen) atoms. The van der Waals surface area contributed by atoms with E-state index in [2.05, 4.69) is 15.3 Å². The topological polar surface area (TPSA) is 75.2 Å². The zero-order valence-electron chi connectivity index (χ0n) is 12.9. The van der Waals surface area contributed by atoms with Gasteiger partial charge in [-0.2, -0.15) is 0 Å². The van der Waals surface area contributed by atoms with Crippen LogP contribution in [0.1, 0.15) is 36.1 Å². The number of hydrogen-bond donors (Lipinski definition) is 1. The molecule has 2 aromatic heterocycles. The van der Waals surface area contributed by atoms with Gasteiger partial charge in [0.1, 0.15) is 4.88 Å². The highest BCUT2D eigenvalue weighted by atomic mass is 32.1. The standard InChI is InChI=1S/C14H18N4O2S2/c1-8(2)7-18(10(4)19)14-16-9(3)11(22-14)12(20)17-13-15-5-6-21-13/h5-6,8H,7H2,1-4H3,(H,15,17,20). The Hall–Kier alpha value is -1.80. The summed E-state index contributed by atoms with van der Waals surface area (Å²) in [5, 5.41) is 5.63. The summed E-state index contributed by atoms with van der Waals surface area (Å²) in [6, 6.07) is 0. The van der Waals surface area contributed by atoms with E-state index >= 15 is 0 Å². The summed E-state index contributed by atoms with van der Waals surface area (Å²) in [7, 11) is 0.